The molecule has 0 saturated carbocycles. The van der Waals surface area contributed by atoms with Crippen LogP contribution in [0.4, 0.5) is 0 Å². The smallest absolute Gasteiger partial charge is 0.116 e. The van der Waals surface area contributed by atoms with E-state index in [9.17, 15) is 0 Å². The van der Waals surface area contributed by atoms with Crippen molar-refractivity contribution in [1.82, 2.24) is 34.5 Å². The lowest BCUT2D eigenvalue weighted by molar-refractivity contribution is 0.736. The minimum Gasteiger partial charge on any atom is -0.353 e. The van der Waals surface area contributed by atoms with Gasteiger partial charge in [0, 0.05) is 83.1 Å². The Labute approximate surface area is 682 Å². The number of fused-ring (bicyclic) bond motifs is 7. The monoisotopic (exact) mass is 1510 g/mol. The molecule has 6 aromatic heterocycles. The number of rotatable bonds is 1. The molecular weight excluding hydrogens is 1350 g/mol. The first-order chi connectivity index (χ1) is 53.4. The van der Waals surface area contributed by atoms with Crippen LogP contribution < -0.4 is 0 Å². The van der Waals surface area contributed by atoms with Gasteiger partial charge in [-0.05, 0) is 117 Å². The van der Waals surface area contributed by atoms with E-state index in [0.717, 1.165) is 63.0 Å². The summed E-state index contributed by atoms with van der Waals surface area (Å²) in [5, 5.41) is 12.5. The molecule has 14 aromatic rings. The summed E-state index contributed by atoms with van der Waals surface area (Å²) in [5.74, 6) is 5.59. The molecule has 0 atom stereocenters. The highest BCUT2D eigenvalue weighted by Gasteiger charge is 2.09. The summed E-state index contributed by atoms with van der Waals surface area (Å²) in [5.41, 5.74) is 5.60. The lowest BCUT2D eigenvalue weighted by Crippen LogP contribution is -1.96. The highest BCUT2D eigenvalue weighted by atomic mass is 14.9. The Bertz CT molecular complexity index is 3230. The maximum atomic E-state index is 4.18. The standard InChI is InChI=1S/C12H15N.C10H8.4C9H7N.C8H6N2.6C4H10.7C2H6/c1-9(2)12-11-7-5-4-6-10(11)8-13(12)3;1-2-6-10-8-4-3-7-9(10)5-1;3*1-2-6-9-8(4-1)5-3-7-10-9;1-2-4-9-7-10-6-5-8(9)3-1;1-2-4-8-7(3-1)5-9-6-10-8;6*1-4(2)3;7*1-2/h4-9H,1-3H3;1-8H;4*1-7H;1-6H;6*4H,1-3H3;7*1-2H3. The van der Waals surface area contributed by atoms with Crippen LogP contribution in [0.5, 0.6) is 0 Å². The average molecular weight is 1510 g/mol. The van der Waals surface area contributed by atoms with Crippen LogP contribution in [0, 0.1) is 35.5 Å². The SMILES string of the molecule is CC.CC.CC.CC.CC.CC.CC.CC(C)C.CC(C)C.CC(C)C.CC(C)C.CC(C)C.CC(C)C.CC(C)c1c2ccccc2cn1C.c1ccc2ccccc2c1.c1ccc2cnccc2c1.c1ccc2ncccc2c1.c1ccc2ncccc2c1.c1ccc2ncccc2c1.c1ccc2ncncc2c1. The minimum atomic E-state index is 0.588. The number of aryl methyl sites for hydroxylation is 1. The fraction of sp³-hybridized carbons (Fsp3) is 0.404. The van der Waals surface area contributed by atoms with Crippen molar-refractivity contribution in [3.05, 3.63) is 292 Å². The fourth-order valence-corrected chi connectivity index (χ4v) is 8.16. The van der Waals surface area contributed by atoms with E-state index in [2.05, 4.69) is 308 Å². The quantitative estimate of drug-likeness (QED) is 0.163. The van der Waals surface area contributed by atoms with Gasteiger partial charge in [0.05, 0.1) is 22.1 Å². The minimum absolute atomic E-state index is 0.588. The molecule has 6 heterocycles. The Kier molecular flexibility index (Phi) is 79.7. The van der Waals surface area contributed by atoms with Crippen molar-refractivity contribution in [2.24, 2.45) is 42.6 Å². The summed E-state index contributed by atoms with van der Waals surface area (Å²) in [7, 11) is 2.12. The van der Waals surface area contributed by atoms with E-state index >= 15 is 0 Å². The number of pyridine rings is 4. The average Bonchev–Trinajstić information content (AvgIpc) is 1.66. The summed E-state index contributed by atoms with van der Waals surface area (Å²) in [6.45, 7) is 71.5. The van der Waals surface area contributed by atoms with Crippen molar-refractivity contribution < 1.29 is 0 Å². The first kappa shape index (κ1) is 112. The van der Waals surface area contributed by atoms with E-state index in [1.807, 2.05) is 249 Å². The maximum absolute atomic E-state index is 4.18. The lowest BCUT2D eigenvalue weighted by atomic mass is 10.1. The van der Waals surface area contributed by atoms with Gasteiger partial charge in [-0.15, -0.1) is 0 Å². The van der Waals surface area contributed by atoms with E-state index in [1.165, 1.54) is 54.2 Å². The molecule has 0 aliphatic heterocycles. The molecule has 8 aromatic carbocycles. The maximum Gasteiger partial charge on any atom is 0.116 e. The zero-order chi connectivity index (χ0) is 85.8. The van der Waals surface area contributed by atoms with Crippen LogP contribution >= 0.6 is 0 Å². The third kappa shape index (κ3) is 61.9. The van der Waals surface area contributed by atoms with Crippen molar-refractivity contribution in [3.63, 3.8) is 0 Å². The number of aromatic nitrogens is 7. The number of benzene rings is 8. The largest absolute Gasteiger partial charge is 0.353 e. The molecule has 14 rings (SSSR count). The Morgan fingerprint density at radius 2 is 0.441 bits per heavy atom. The molecule has 0 aliphatic carbocycles. The molecule has 111 heavy (non-hydrogen) atoms. The summed E-state index contributed by atoms with van der Waals surface area (Å²) in [6, 6.07) is 79.6. The van der Waals surface area contributed by atoms with Crippen LogP contribution in [0.2, 0.25) is 0 Å². The molecule has 7 heteroatoms. The van der Waals surface area contributed by atoms with Crippen molar-refractivity contribution in [2.45, 2.75) is 241 Å². The van der Waals surface area contributed by atoms with Gasteiger partial charge in [0.25, 0.3) is 0 Å². The van der Waals surface area contributed by atoms with Gasteiger partial charge in [-0.25, -0.2) is 9.97 Å². The van der Waals surface area contributed by atoms with Crippen LogP contribution in [0.25, 0.3) is 75.9 Å². The molecule has 0 N–H and O–H groups in total. The van der Waals surface area contributed by atoms with Gasteiger partial charge in [-0.2, -0.15) is 0 Å². The summed E-state index contributed by atoms with van der Waals surface area (Å²) >= 11 is 0. The molecule has 0 radical (unpaired) electrons. The van der Waals surface area contributed by atoms with Crippen LogP contribution in [-0.4, -0.2) is 34.5 Å². The van der Waals surface area contributed by atoms with E-state index in [0.29, 0.717) is 5.92 Å². The molecule has 610 valence electrons. The predicted molar refractivity (Wildman–Crippen MR) is 510 cm³/mol. The van der Waals surface area contributed by atoms with E-state index < -0.39 is 0 Å². The third-order valence-corrected chi connectivity index (χ3v) is 11.7. The van der Waals surface area contributed by atoms with Gasteiger partial charge in [0.15, 0.2) is 0 Å². The van der Waals surface area contributed by atoms with Crippen molar-refractivity contribution in [3.8, 4) is 0 Å². The van der Waals surface area contributed by atoms with E-state index in [-0.39, 0.29) is 0 Å². The van der Waals surface area contributed by atoms with Crippen molar-refractivity contribution >= 4 is 75.9 Å². The second-order valence-electron chi connectivity index (χ2n) is 27.5. The second kappa shape index (κ2) is 78.7. The highest BCUT2D eigenvalue weighted by Crippen LogP contribution is 2.26. The number of hydrogen-bond acceptors (Lipinski definition) is 6. The summed E-state index contributed by atoms with van der Waals surface area (Å²) in [4.78, 5) is 24.5. The van der Waals surface area contributed by atoms with Crippen LogP contribution in [0.15, 0.2) is 286 Å². The first-order valence-electron chi connectivity index (χ1n) is 41.7. The Morgan fingerprint density at radius 3 is 0.721 bits per heavy atom. The molecule has 0 fully saturated rings. The molecular formula is C104H159N7. The Hall–Kier alpha value is -9.46. The molecule has 0 amide bonds. The predicted octanol–water partition coefficient (Wildman–Crippen LogP) is 33.9. The fourth-order valence-electron chi connectivity index (χ4n) is 8.16. The Balaban J connectivity index is -0.000000270. The van der Waals surface area contributed by atoms with Crippen LogP contribution in [0.1, 0.15) is 247 Å². The van der Waals surface area contributed by atoms with Gasteiger partial charge in [-0.3, -0.25) is 19.9 Å². The second-order valence-corrected chi connectivity index (χ2v) is 27.5. The summed E-state index contributed by atoms with van der Waals surface area (Å²) < 4.78 is 2.23. The van der Waals surface area contributed by atoms with Gasteiger partial charge in [-0.1, -0.05) is 423 Å². The van der Waals surface area contributed by atoms with Crippen LogP contribution in [0.3, 0.4) is 0 Å². The molecule has 7 nitrogen and oxygen atoms in total. The summed E-state index contributed by atoms with van der Waals surface area (Å²) in [6.07, 6.45) is 14.7. The van der Waals surface area contributed by atoms with Gasteiger partial charge < -0.3 is 4.57 Å². The molecule has 0 saturated heterocycles. The van der Waals surface area contributed by atoms with Crippen LogP contribution in [-0.2, 0) is 7.05 Å². The van der Waals surface area contributed by atoms with E-state index in [4.69, 9.17) is 0 Å². The highest BCUT2D eigenvalue weighted by molar-refractivity contribution is 5.86. The third-order valence-electron chi connectivity index (χ3n) is 11.7. The molecule has 0 aliphatic rings. The zero-order valence-corrected chi connectivity index (χ0v) is 76.8. The topological polar surface area (TPSA) is 82.3 Å². The molecule has 0 spiro atoms. The van der Waals surface area contributed by atoms with Crippen molar-refractivity contribution in [2.75, 3.05) is 0 Å². The van der Waals surface area contributed by atoms with Gasteiger partial charge in [0.2, 0.25) is 0 Å². The normalized spacial score (nSPS) is 9.06. The number of para-hydroxylation sites is 4. The number of nitrogens with zero attached hydrogens (tertiary/aromatic N) is 7. The molecule has 0 bridgehead atoms. The molecule has 0 unspecified atom stereocenters. The van der Waals surface area contributed by atoms with E-state index in [1.54, 1.807) is 6.33 Å². The van der Waals surface area contributed by atoms with Crippen molar-refractivity contribution in [1.29, 1.82) is 0 Å². The van der Waals surface area contributed by atoms with Gasteiger partial charge >= 0.3 is 0 Å². The first-order valence-corrected chi connectivity index (χ1v) is 41.7. The Morgan fingerprint density at radius 1 is 0.216 bits per heavy atom. The zero-order valence-electron chi connectivity index (χ0n) is 76.8. The lowest BCUT2D eigenvalue weighted by Gasteiger charge is -2.07. The van der Waals surface area contributed by atoms with Gasteiger partial charge in [0.1, 0.15) is 6.33 Å². The number of hydrogen-bond donors (Lipinski definition) is 0.